The van der Waals surface area contributed by atoms with Gasteiger partial charge >= 0.3 is 0 Å². The predicted molar refractivity (Wildman–Crippen MR) is 109 cm³/mol. The van der Waals surface area contributed by atoms with E-state index in [-0.39, 0.29) is 18.4 Å². The quantitative estimate of drug-likeness (QED) is 0.628. The van der Waals surface area contributed by atoms with Crippen LogP contribution in [-0.4, -0.2) is 29.9 Å². The zero-order valence-corrected chi connectivity index (χ0v) is 16.6. The van der Waals surface area contributed by atoms with E-state index in [2.05, 4.69) is 15.6 Å². The molecule has 0 saturated heterocycles. The molecule has 2 aromatic heterocycles. The van der Waals surface area contributed by atoms with Gasteiger partial charge in [0.05, 0.1) is 23.7 Å². The smallest absolute Gasteiger partial charge is 0.251 e. The average Bonchev–Trinajstić information content (AvgIpc) is 3.29. The van der Waals surface area contributed by atoms with Gasteiger partial charge in [-0.1, -0.05) is 0 Å². The number of nitrogens with zero attached hydrogens (tertiary/aromatic N) is 1. The van der Waals surface area contributed by atoms with Crippen LogP contribution in [-0.2, 0) is 4.79 Å². The summed E-state index contributed by atoms with van der Waals surface area (Å²) >= 11 is 3.01. The van der Waals surface area contributed by atoms with Gasteiger partial charge in [-0.25, -0.2) is 4.98 Å². The molecule has 2 amide bonds. The third kappa shape index (κ3) is 5.15. The van der Waals surface area contributed by atoms with Gasteiger partial charge in [0.25, 0.3) is 5.91 Å². The number of carbonyl (C=O) groups is 2. The zero-order valence-electron chi connectivity index (χ0n) is 14.9. The SMILES string of the molecule is CCOc1ccc(C(=O)NCC(=O)Nc2nc(-c3ccc(C)s3)cs2)cc1. The zero-order chi connectivity index (χ0) is 19.2. The summed E-state index contributed by atoms with van der Waals surface area (Å²) in [5.74, 6) is 0.0620. The standard InChI is InChI=1S/C19H19N3O3S2/c1-3-25-14-7-5-13(6-8-14)18(24)20-10-17(23)22-19-21-15(11-26-19)16-9-4-12(2)27-16/h4-9,11H,3,10H2,1-2H3,(H,20,24)(H,21,22,23). The van der Waals surface area contributed by atoms with Crippen LogP contribution < -0.4 is 15.4 Å². The number of rotatable bonds is 7. The van der Waals surface area contributed by atoms with Crippen molar-refractivity contribution in [1.29, 1.82) is 0 Å². The van der Waals surface area contributed by atoms with E-state index in [0.29, 0.717) is 23.1 Å². The molecule has 3 aromatic rings. The molecule has 8 heteroatoms. The topological polar surface area (TPSA) is 80.3 Å². The lowest BCUT2D eigenvalue weighted by atomic mass is 10.2. The van der Waals surface area contributed by atoms with E-state index < -0.39 is 0 Å². The van der Waals surface area contributed by atoms with Crippen LogP contribution >= 0.6 is 22.7 Å². The van der Waals surface area contributed by atoms with Crippen molar-refractivity contribution in [3.05, 3.63) is 52.2 Å². The van der Waals surface area contributed by atoms with Gasteiger partial charge in [-0.15, -0.1) is 22.7 Å². The van der Waals surface area contributed by atoms with Crippen LogP contribution in [0.25, 0.3) is 10.6 Å². The number of ether oxygens (including phenoxy) is 1. The molecule has 0 aliphatic carbocycles. The molecular formula is C19H19N3O3S2. The number of hydrogen-bond donors (Lipinski definition) is 2. The third-order valence-electron chi connectivity index (χ3n) is 3.58. The van der Waals surface area contributed by atoms with Gasteiger partial charge in [-0.2, -0.15) is 0 Å². The molecule has 0 unspecified atom stereocenters. The van der Waals surface area contributed by atoms with Crippen LogP contribution in [0, 0.1) is 6.92 Å². The molecule has 6 nitrogen and oxygen atoms in total. The number of hydrogen-bond acceptors (Lipinski definition) is 6. The summed E-state index contributed by atoms with van der Waals surface area (Å²) in [5, 5.41) is 7.72. The molecule has 0 saturated carbocycles. The van der Waals surface area contributed by atoms with Crippen LogP contribution in [0.15, 0.2) is 41.8 Å². The van der Waals surface area contributed by atoms with E-state index in [1.54, 1.807) is 35.6 Å². The summed E-state index contributed by atoms with van der Waals surface area (Å²) in [5.41, 5.74) is 1.31. The molecule has 140 valence electrons. The van der Waals surface area contributed by atoms with Crippen molar-refractivity contribution < 1.29 is 14.3 Å². The number of nitrogens with one attached hydrogen (secondary N) is 2. The number of carbonyl (C=O) groups excluding carboxylic acids is 2. The summed E-state index contributed by atoms with van der Waals surface area (Å²) in [7, 11) is 0. The molecule has 3 rings (SSSR count). The van der Waals surface area contributed by atoms with Gasteiger partial charge in [0.2, 0.25) is 5.91 Å². The number of thiophene rings is 1. The second-order valence-electron chi connectivity index (χ2n) is 5.64. The highest BCUT2D eigenvalue weighted by atomic mass is 32.1. The van der Waals surface area contributed by atoms with Gasteiger partial charge in [0.15, 0.2) is 5.13 Å². The molecule has 27 heavy (non-hydrogen) atoms. The van der Waals surface area contributed by atoms with Crippen molar-refractivity contribution >= 4 is 39.6 Å². The lowest BCUT2D eigenvalue weighted by Crippen LogP contribution is -2.32. The Morgan fingerprint density at radius 2 is 1.93 bits per heavy atom. The first-order valence-corrected chi connectivity index (χ1v) is 10.1. The normalized spacial score (nSPS) is 10.4. The fourth-order valence-electron chi connectivity index (χ4n) is 2.31. The molecule has 0 spiro atoms. The Labute approximate surface area is 165 Å². The van der Waals surface area contributed by atoms with Gasteiger partial charge in [-0.3, -0.25) is 9.59 Å². The Morgan fingerprint density at radius 1 is 1.15 bits per heavy atom. The molecule has 0 atom stereocenters. The summed E-state index contributed by atoms with van der Waals surface area (Å²) in [6.45, 7) is 4.37. The van der Waals surface area contributed by atoms with Crippen LogP contribution in [0.5, 0.6) is 5.75 Å². The first kappa shape index (κ1) is 19.1. The molecule has 0 radical (unpaired) electrons. The van der Waals surface area contributed by atoms with E-state index >= 15 is 0 Å². The van der Waals surface area contributed by atoms with Crippen LogP contribution in [0.1, 0.15) is 22.2 Å². The number of aromatic nitrogens is 1. The van der Waals surface area contributed by atoms with Crippen molar-refractivity contribution in [2.45, 2.75) is 13.8 Å². The second kappa shape index (κ2) is 8.79. The van der Waals surface area contributed by atoms with E-state index in [9.17, 15) is 9.59 Å². The minimum Gasteiger partial charge on any atom is -0.494 e. The Morgan fingerprint density at radius 3 is 2.59 bits per heavy atom. The van der Waals surface area contributed by atoms with E-state index in [4.69, 9.17) is 4.74 Å². The van der Waals surface area contributed by atoms with Gasteiger partial charge in [0, 0.05) is 15.8 Å². The third-order valence-corrected chi connectivity index (χ3v) is 5.36. The second-order valence-corrected chi connectivity index (χ2v) is 7.78. The summed E-state index contributed by atoms with van der Waals surface area (Å²) in [4.78, 5) is 30.9. The summed E-state index contributed by atoms with van der Waals surface area (Å²) < 4.78 is 5.34. The Hall–Kier alpha value is -2.71. The predicted octanol–water partition coefficient (Wildman–Crippen LogP) is 3.95. The average molecular weight is 402 g/mol. The maximum Gasteiger partial charge on any atom is 0.251 e. The van der Waals surface area contributed by atoms with E-state index in [1.165, 1.54) is 16.2 Å². The highest BCUT2D eigenvalue weighted by molar-refractivity contribution is 7.17. The molecule has 0 aliphatic rings. The fraction of sp³-hybridized carbons (Fsp3) is 0.211. The van der Waals surface area contributed by atoms with Crippen molar-refractivity contribution in [1.82, 2.24) is 10.3 Å². The Kier molecular flexibility index (Phi) is 6.20. The first-order valence-electron chi connectivity index (χ1n) is 8.38. The largest absolute Gasteiger partial charge is 0.494 e. The summed E-state index contributed by atoms with van der Waals surface area (Å²) in [6.07, 6.45) is 0. The first-order chi connectivity index (χ1) is 13.0. The minimum atomic E-state index is -0.322. The number of benzene rings is 1. The van der Waals surface area contributed by atoms with E-state index in [0.717, 1.165) is 10.6 Å². The molecule has 2 heterocycles. The maximum atomic E-state index is 12.1. The lowest BCUT2D eigenvalue weighted by molar-refractivity contribution is -0.115. The van der Waals surface area contributed by atoms with E-state index in [1.807, 2.05) is 31.4 Å². The fourth-order valence-corrected chi connectivity index (χ4v) is 3.94. The van der Waals surface area contributed by atoms with Gasteiger partial charge in [0.1, 0.15) is 5.75 Å². The number of thiazole rings is 1. The van der Waals surface area contributed by atoms with Crippen LogP contribution in [0.3, 0.4) is 0 Å². The van der Waals surface area contributed by atoms with Gasteiger partial charge < -0.3 is 15.4 Å². The van der Waals surface area contributed by atoms with Crippen LogP contribution in [0.4, 0.5) is 5.13 Å². The van der Waals surface area contributed by atoms with Crippen molar-refractivity contribution in [3.63, 3.8) is 0 Å². The lowest BCUT2D eigenvalue weighted by Gasteiger charge is -2.06. The molecule has 0 aliphatic heterocycles. The monoisotopic (exact) mass is 401 g/mol. The van der Waals surface area contributed by atoms with Gasteiger partial charge in [-0.05, 0) is 50.2 Å². The Balaban J connectivity index is 1.50. The highest BCUT2D eigenvalue weighted by Crippen LogP contribution is 2.30. The molecule has 2 N–H and O–H groups in total. The maximum absolute atomic E-state index is 12.1. The molecule has 0 fully saturated rings. The van der Waals surface area contributed by atoms with Crippen molar-refractivity contribution in [3.8, 4) is 16.3 Å². The highest BCUT2D eigenvalue weighted by Gasteiger charge is 2.11. The number of amides is 2. The van der Waals surface area contributed by atoms with Crippen LogP contribution in [0.2, 0.25) is 0 Å². The summed E-state index contributed by atoms with van der Waals surface area (Å²) in [6, 6.07) is 10.8. The van der Waals surface area contributed by atoms with Crippen molar-refractivity contribution in [2.75, 3.05) is 18.5 Å². The molecule has 0 bridgehead atoms. The number of anilines is 1. The Bertz CT molecular complexity index is 932. The molecular weight excluding hydrogens is 382 g/mol. The van der Waals surface area contributed by atoms with Crippen molar-refractivity contribution in [2.24, 2.45) is 0 Å². The minimum absolute atomic E-state index is 0.126. The number of aryl methyl sites for hydroxylation is 1. The molecule has 1 aromatic carbocycles.